The molecule has 5 heteroatoms. The molecule has 5 nitrogen and oxygen atoms in total. The molecule has 0 fully saturated rings. The molecule has 0 N–H and O–H groups in total. The molecule has 0 aliphatic heterocycles. The molecule has 290 valence electrons. The Hall–Kier alpha value is -8.15. The van der Waals surface area contributed by atoms with Gasteiger partial charge in [-0.2, -0.15) is 0 Å². The second-order valence-electron chi connectivity index (χ2n) is 16.4. The molecule has 1 unspecified atom stereocenters. The minimum absolute atomic E-state index is 0.0417. The van der Waals surface area contributed by atoms with Crippen molar-refractivity contribution < 1.29 is 0 Å². The second-order valence-corrected chi connectivity index (χ2v) is 16.4. The van der Waals surface area contributed by atoms with Crippen LogP contribution in [0.4, 0.5) is 0 Å². The molecule has 0 amide bonds. The highest BCUT2D eigenvalue weighted by atomic mass is 15.0. The van der Waals surface area contributed by atoms with Gasteiger partial charge in [0.15, 0.2) is 11.6 Å². The van der Waals surface area contributed by atoms with Crippen LogP contribution in [-0.2, 0) is 6.42 Å². The minimum atomic E-state index is -0.0417. The Morgan fingerprint density at radius 3 is 1.66 bits per heavy atom. The van der Waals surface area contributed by atoms with Crippen molar-refractivity contribution >= 4 is 71.1 Å². The molecule has 1 aliphatic carbocycles. The lowest BCUT2D eigenvalue weighted by Crippen LogP contribution is -2.12. The number of rotatable bonds is 5. The van der Waals surface area contributed by atoms with Crippen LogP contribution in [-0.4, -0.2) is 24.1 Å². The summed E-state index contributed by atoms with van der Waals surface area (Å²) in [7, 11) is 0. The first-order valence-corrected chi connectivity index (χ1v) is 21.3. The van der Waals surface area contributed by atoms with Gasteiger partial charge in [-0.25, -0.2) is 15.0 Å². The van der Waals surface area contributed by atoms with Crippen molar-refractivity contribution in [2.75, 3.05) is 0 Å². The quantitative estimate of drug-likeness (QED) is 0.174. The average molecular weight is 792 g/mol. The van der Waals surface area contributed by atoms with E-state index in [4.69, 9.17) is 15.0 Å². The van der Waals surface area contributed by atoms with E-state index in [9.17, 15) is 0 Å². The molecule has 0 bridgehead atoms. The molecule has 62 heavy (non-hydrogen) atoms. The van der Waals surface area contributed by atoms with E-state index in [2.05, 4.69) is 215 Å². The summed E-state index contributed by atoms with van der Waals surface area (Å²) in [6.45, 7) is 0. The van der Waals surface area contributed by atoms with Gasteiger partial charge in [0.2, 0.25) is 0 Å². The number of aromatic nitrogens is 5. The van der Waals surface area contributed by atoms with Gasteiger partial charge < -0.3 is 9.13 Å². The SMILES string of the molecule is C1=CC(c2nc(-c3ccc(-n4c5ccc6ccccc6c5c5c6ccccc6ccc54)cc3)nc(-c3ccc4ccccc4c3)n2)Cc2c1n(-c1ccccc1)c1ccccc21. The van der Waals surface area contributed by atoms with E-state index < -0.39 is 0 Å². The topological polar surface area (TPSA) is 48.5 Å². The van der Waals surface area contributed by atoms with Crippen LogP contribution in [0.25, 0.3) is 105 Å². The van der Waals surface area contributed by atoms with E-state index in [1.54, 1.807) is 0 Å². The predicted octanol–water partition coefficient (Wildman–Crippen LogP) is 14.1. The Balaban J connectivity index is 0.959. The Kier molecular flexibility index (Phi) is 7.66. The molecular formula is C57H37N5. The lowest BCUT2D eigenvalue weighted by atomic mass is 9.91. The Bertz CT molecular complexity index is 3690. The molecule has 0 saturated heterocycles. The Morgan fingerprint density at radius 1 is 0.403 bits per heavy atom. The maximum atomic E-state index is 5.31. The monoisotopic (exact) mass is 791 g/mol. The summed E-state index contributed by atoms with van der Waals surface area (Å²) in [6.07, 6.45) is 5.33. The smallest absolute Gasteiger partial charge is 0.163 e. The summed E-state index contributed by atoms with van der Waals surface area (Å²) >= 11 is 0. The number of hydrogen-bond donors (Lipinski definition) is 0. The summed E-state index contributed by atoms with van der Waals surface area (Å²) in [5.74, 6) is 2.06. The molecule has 3 heterocycles. The van der Waals surface area contributed by atoms with Gasteiger partial charge in [-0.15, -0.1) is 0 Å². The predicted molar refractivity (Wildman–Crippen MR) is 256 cm³/mol. The number of hydrogen-bond acceptors (Lipinski definition) is 3. The zero-order valence-corrected chi connectivity index (χ0v) is 33.7. The second kappa shape index (κ2) is 13.7. The van der Waals surface area contributed by atoms with Crippen LogP contribution < -0.4 is 0 Å². The van der Waals surface area contributed by atoms with Crippen molar-refractivity contribution in [3.05, 3.63) is 217 Å². The number of fused-ring (bicyclic) bond motifs is 11. The van der Waals surface area contributed by atoms with E-state index in [1.165, 1.54) is 70.9 Å². The fourth-order valence-electron chi connectivity index (χ4n) is 9.97. The normalized spacial score (nSPS) is 13.8. The van der Waals surface area contributed by atoms with Gasteiger partial charge in [0.1, 0.15) is 5.82 Å². The van der Waals surface area contributed by atoms with Crippen LogP contribution in [0.1, 0.15) is 23.0 Å². The third kappa shape index (κ3) is 5.38. The number of benzene rings is 9. The van der Waals surface area contributed by atoms with Crippen LogP contribution in [0.3, 0.4) is 0 Å². The van der Waals surface area contributed by atoms with Gasteiger partial charge in [-0.3, -0.25) is 0 Å². The van der Waals surface area contributed by atoms with E-state index in [1.807, 2.05) is 0 Å². The molecule has 3 aromatic heterocycles. The molecule has 0 saturated carbocycles. The fraction of sp³-hybridized carbons (Fsp3) is 0.0351. The molecule has 12 aromatic rings. The zero-order chi connectivity index (χ0) is 40.7. The minimum Gasteiger partial charge on any atom is -0.310 e. The Labute approximate surface area is 357 Å². The van der Waals surface area contributed by atoms with Crippen molar-refractivity contribution in [1.82, 2.24) is 24.1 Å². The van der Waals surface area contributed by atoms with Gasteiger partial charge in [0.25, 0.3) is 0 Å². The van der Waals surface area contributed by atoms with Crippen LogP contribution in [0.2, 0.25) is 0 Å². The van der Waals surface area contributed by atoms with Gasteiger partial charge in [-0.05, 0) is 111 Å². The first kappa shape index (κ1) is 34.7. The highest BCUT2D eigenvalue weighted by Gasteiger charge is 2.26. The third-order valence-corrected chi connectivity index (χ3v) is 12.9. The van der Waals surface area contributed by atoms with Gasteiger partial charge >= 0.3 is 0 Å². The van der Waals surface area contributed by atoms with Crippen molar-refractivity contribution in [1.29, 1.82) is 0 Å². The molecule has 1 atom stereocenters. The number of para-hydroxylation sites is 2. The largest absolute Gasteiger partial charge is 0.310 e. The van der Waals surface area contributed by atoms with E-state index in [-0.39, 0.29) is 5.92 Å². The molecule has 0 radical (unpaired) electrons. The maximum absolute atomic E-state index is 5.31. The lowest BCUT2D eigenvalue weighted by molar-refractivity contribution is 0.748. The Morgan fingerprint density at radius 2 is 0.952 bits per heavy atom. The average Bonchev–Trinajstić information content (AvgIpc) is 3.87. The van der Waals surface area contributed by atoms with Crippen molar-refractivity contribution in [2.24, 2.45) is 0 Å². The summed E-state index contributed by atoms with van der Waals surface area (Å²) in [5.41, 5.74) is 10.2. The van der Waals surface area contributed by atoms with E-state index in [0.717, 1.165) is 40.1 Å². The molecule has 13 rings (SSSR count). The van der Waals surface area contributed by atoms with Crippen LogP contribution in [0.15, 0.2) is 200 Å². The van der Waals surface area contributed by atoms with Crippen molar-refractivity contribution in [3.8, 4) is 34.2 Å². The summed E-state index contributed by atoms with van der Waals surface area (Å²) < 4.78 is 4.78. The van der Waals surface area contributed by atoms with Gasteiger partial charge in [-0.1, -0.05) is 140 Å². The molecule has 0 spiro atoms. The van der Waals surface area contributed by atoms with E-state index in [0.29, 0.717) is 11.6 Å². The highest BCUT2D eigenvalue weighted by molar-refractivity contribution is 6.28. The van der Waals surface area contributed by atoms with Crippen molar-refractivity contribution in [3.63, 3.8) is 0 Å². The van der Waals surface area contributed by atoms with E-state index >= 15 is 0 Å². The fourth-order valence-corrected chi connectivity index (χ4v) is 9.97. The van der Waals surface area contributed by atoms with Crippen LogP contribution in [0.5, 0.6) is 0 Å². The van der Waals surface area contributed by atoms with Crippen molar-refractivity contribution in [2.45, 2.75) is 12.3 Å². The maximum Gasteiger partial charge on any atom is 0.163 e. The standard InChI is InChI=1S/C57H37N5/c1-2-16-43(17-3-1)61-49-21-11-10-20-47(49)48-35-42(28-31-50(48)61)57-59-55(58-56(60-57)41-23-22-36-12-4-5-15-40(36)34-41)39-24-29-44(30-25-39)62-51-32-26-37-13-6-8-18-45(37)53(51)54-46-19-9-7-14-38(46)27-33-52(54)62/h1-34,42H,35H2. The lowest BCUT2D eigenvalue weighted by Gasteiger charge is -2.19. The van der Waals surface area contributed by atoms with Gasteiger partial charge in [0.05, 0.1) is 16.6 Å². The number of allylic oxidation sites excluding steroid dienone is 1. The highest BCUT2D eigenvalue weighted by Crippen LogP contribution is 2.42. The first-order valence-electron chi connectivity index (χ1n) is 21.3. The molecule has 1 aliphatic rings. The van der Waals surface area contributed by atoms with Crippen LogP contribution in [0, 0.1) is 0 Å². The summed E-state index contributed by atoms with van der Waals surface area (Å²) in [5, 5.41) is 11.1. The zero-order valence-electron chi connectivity index (χ0n) is 33.7. The molecule has 9 aromatic carbocycles. The van der Waals surface area contributed by atoms with Gasteiger partial charge in [0, 0.05) is 50.3 Å². The third-order valence-electron chi connectivity index (χ3n) is 12.9. The molecular weight excluding hydrogens is 755 g/mol. The number of nitrogens with zero attached hydrogens (tertiary/aromatic N) is 5. The summed E-state index contributed by atoms with van der Waals surface area (Å²) in [4.78, 5) is 15.8. The summed E-state index contributed by atoms with van der Waals surface area (Å²) in [6, 6.07) is 69.5. The van der Waals surface area contributed by atoms with Crippen LogP contribution >= 0.6 is 0 Å². The first-order chi connectivity index (χ1) is 30.7.